The Morgan fingerprint density at radius 3 is 2.63 bits per heavy atom. The van der Waals surface area contributed by atoms with Gasteiger partial charge in [-0.15, -0.1) is 21.5 Å². The summed E-state index contributed by atoms with van der Waals surface area (Å²) in [5, 5.41) is 10.0. The topological polar surface area (TPSA) is 92.7 Å². The molecule has 0 aliphatic carbocycles. The third kappa shape index (κ3) is 4.06. The molecule has 0 N–H and O–H groups in total. The van der Waals surface area contributed by atoms with Crippen LogP contribution in [0.1, 0.15) is 9.67 Å². The maximum atomic E-state index is 12.4. The van der Waals surface area contributed by atoms with Crippen molar-refractivity contribution in [1.29, 1.82) is 0 Å². The molecule has 3 aromatic rings. The van der Waals surface area contributed by atoms with Gasteiger partial charge in [0.05, 0.1) is 16.9 Å². The van der Waals surface area contributed by atoms with Crippen LogP contribution in [0.25, 0.3) is 11.7 Å². The summed E-state index contributed by atoms with van der Waals surface area (Å²) < 4.78 is 10.7. The highest BCUT2D eigenvalue weighted by Gasteiger charge is 2.25. The molecular weight excluding hydrogens is 388 g/mol. The van der Waals surface area contributed by atoms with Gasteiger partial charge in [0, 0.05) is 26.2 Å². The first-order chi connectivity index (χ1) is 13.2. The molecule has 3 aromatic heterocycles. The third-order valence-corrected chi connectivity index (χ3v) is 5.77. The fraction of sp³-hybridized carbons (Fsp3) is 0.294. The average Bonchev–Trinajstić information content (AvgIpc) is 3.47. The number of nitrogens with zero attached hydrogens (tertiary/aromatic N) is 4. The van der Waals surface area contributed by atoms with E-state index in [4.69, 9.17) is 8.83 Å². The highest BCUT2D eigenvalue weighted by atomic mass is 32.2. The van der Waals surface area contributed by atoms with Gasteiger partial charge in [-0.2, -0.15) is 0 Å². The molecule has 1 aliphatic rings. The molecule has 27 heavy (non-hydrogen) atoms. The lowest BCUT2D eigenvalue weighted by Crippen LogP contribution is -2.51. The van der Waals surface area contributed by atoms with Crippen LogP contribution in [-0.4, -0.2) is 63.7 Å². The van der Waals surface area contributed by atoms with Crippen molar-refractivity contribution in [3.8, 4) is 11.7 Å². The Hall–Kier alpha value is -2.59. The molecule has 4 rings (SSSR count). The Morgan fingerprint density at radius 1 is 1.11 bits per heavy atom. The number of thiophene rings is 1. The SMILES string of the molecule is O=C(CSc1nnc(-c2ccco2)o1)N1CCN(C(=O)c2cccs2)CC1. The second-order valence-electron chi connectivity index (χ2n) is 5.79. The molecule has 140 valence electrons. The minimum absolute atomic E-state index is 0.0130. The van der Waals surface area contributed by atoms with Gasteiger partial charge in [0.2, 0.25) is 5.91 Å². The van der Waals surface area contributed by atoms with Crippen molar-refractivity contribution >= 4 is 34.9 Å². The van der Waals surface area contributed by atoms with Crippen molar-refractivity contribution in [2.45, 2.75) is 5.22 Å². The first-order valence-corrected chi connectivity index (χ1v) is 10.2. The van der Waals surface area contributed by atoms with E-state index in [1.807, 2.05) is 17.5 Å². The van der Waals surface area contributed by atoms with Crippen LogP contribution in [0.2, 0.25) is 0 Å². The summed E-state index contributed by atoms with van der Waals surface area (Å²) in [4.78, 5) is 29.0. The molecule has 4 heterocycles. The van der Waals surface area contributed by atoms with Crippen molar-refractivity contribution in [3.63, 3.8) is 0 Å². The number of aromatic nitrogens is 2. The van der Waals surface area contributed by atoms with Crippen LogP contribution < -0.4 is 0 Å². The largest absolute Gasteiger partial charge is 0.459 e. The van der Waals surface area contributed by atoms with E-state index >= 15 is 0 Å². The molecule has 0 atom stereocenters. The van der Waals surface area contributed by atoms with E-state index in [1.165, 1.54) is 29.4 Å². The van der Waals surface area contributed by atoms with Gasteiger partial charge in [0.15, 0.2) is 5.76 Å². The van der Waals surface area contributed by atoms with Gasteiger partial charge >= 0.3 is 0 Å². The van der Waals surface area contributed by atoms with Gasteiger partial charge < -0.3 is 18.6 Å². The fourth-order valence-corrected chi connectivity index (χ4v) is 4.05. The quantitative estimate of drug-likeness (QED) is 0.603. The van der Waals surface area contributed by atoms with Gasteiger partial charge in [0.1, 0.15) is 0 Å². The standard InChI is InChI=1S/C17H16N4O4S2/c22-14(11-27-17-19-18-15(25-17)12-3-1-9-24-12)20-5-7-21(8-6-20)16(23)13-4-2-10-26-13/h1-4,9-10H,5-8,11H2. The number of amides is 2. The molecule has 0 bridgehead atoms. The summed E-state index contributed by atoms with van der Waals surface area (Å²) in [6.07, 6.45) is 1.53. The van der Waals surface area contributed by atoms with Gasteiger partial charge in [-0.05, 0) is 23.6 Å². The second-order valence-corrected chi connectivity index (χ2v) is 7.66. The fourth-order valence-electron chi connectivity index (χ4n) is 2.70. The molecule has 1 fully saturated rings. The second kappa shape index (κ2) is 7.97. The van der Waals surface area contributed by atoms with E-state index in [0.29, 0.717) is 37.2 Å². The molecule has 10 heteroatoms. The Bertz CT molecular complexity index is 899. The smallest absolute Gasteiger partial charge is 0.284 e. The zero-order chi connectivity index (χ0) is 18.6. The molecule has 0 spiro atoms. The zero-order valence-electron chi connectivity index (χ0n) is 14.2. The highest BCUT2D eigenvalue weighted by Crippen LogP contribution is 2.23. The van der Waals surface area contributed by atoms with Gasteiger partial charge in [0.25, 0.3) is 17.0 Å². The molecule has 8 nitrogen and oxygen atoms in total. The van der Waals surface area contributed by atoms with Crippen LogP contribution in [-0.2, 0) is 4.79 Å². The van der Waals surface area contributed by atoms with E-state index in [1.54, 1.807) is 21.9 Å². The number of hydrogen-bond acceptors (Lipinski definition) is 8. The van der Waals surface area contributed by atoms with Crippen LogP contribution in [0.15, 0.2) is 50.0 Å². The zero-order valence-corrected chi connectivity index (χ0v) is 15.9. The number of rotatable bonds is 5. The first-order valence-electron chi connectivity index (χ1n) is 8.31. The minimum Gasteiger partial charge on any atom is -0.459 e. The molecule has 0 unspecified atom stereocenters. The number of thioether (sulfide) groups is 1. The van der Waals surface area contributed by atoms with E-state index in [0.717, 1.165) is 4.88 Å². The number of carbonyl (C=O) groups is 2. The summed E-state index contributed by atoms with van der Waals surface area (Å²) >= 11 is 2.63. The normalized spacial score (nSPS) is 14.5. The van der Waals surface area contributed by atoms with Crippen molar-refractivity contribution < 1.29 is 18.4 Å². The number of furan rings is 1. The molecule has 0 radical (unpaired) electrons. The van der Waals surface area contributed by atoms with E-state index in [9.17, 15) is 9.59 Å². The third-order valence-electron chi connectivity index (χ3n) is 4.11. The van der Waals surface area contributed by atoms with E-state index < -0.39 is 0 Å². The lowest BCUT2D eigenvalue weighted by atomic mass is 10.3. The van der Waals surface area contributed by atoms with Crippen molar-refractivity contribution in [2.24, 2.45) is 0 Å². The molecule has 0 aromatic carbocycles. The predicted octanol–water partition coefficient (Wildman–Crippen LogP) is 2.47. The van der Waals surface area contributed by atoms with Crippen LogP contribution in [0.4, 0.5) is 0 Å². The molecule has 2 amide bonds. The Morgan fingerprint density at radius 2 is 1.93 bits per heavy atom. The van der Waals surface area contributed by atoms with Crippen LogP contribution in [0.3, 0.4) is 0 Å². The number of hydrogen-bond donors (Lipinski definition) is 0. The van der Waals surface area contributed by atoms with Crippen LogP contribution in [0.5, 0.6) is 0 Å². The van der Waals surface area contributed by atoms with Gasteiger partial charge in [-0.1, -0.05) is 17.8 Å². The summed E-state index contributed by atoms with van der Waals surface area (Å²) in [5.41, 5.74) is 0. The maximum Gasteiger partial charge on any atom is 0.284 e. The minimum atomic E-state index is -0.0130. The molecule has 0 saturated carbocycles. The molecule has 1 saturated heterocycles. The van der Waals surface area contributed by atoms with Gasteiger partial charge in [-0.25, -0.2) is 0 Å². The summed E-state index contributed by atoms with van der Waals surface area (Å²) in [7, 11) is 0. The lowest BCUT2D eigenvalue weighted by molar-refractivity contribution is -0.129. The van der Waals surface area contributed by atoms with E-state index in [-0.39, 0.29) is 23.5 Å². The Balaban J connectivity index is 1.26. The van der Waals surface area contributed by atoms with Crippen LogP contribution >= 0.6 is 23.1 Å². The number of carbonyl (C=O) groups excluding carboxylic acids is 2. The van der Waals surface area contributed by atoms with Gasteiger partial charge in [-0.3, -0.25) is 9.59 Å². The lowest BCUT2D eigenvalue weighted by Gasteiger charge is -2.34. The van der Waals surface area contributed by atoms with E-state index in [2.05, 4.69) is 10.2 Å². The molecule has 1 aliphatic heterocycles. The summed E-state index contributed by atoms with van der Waals surface area (Å²) in [6, 6.07) is 7.15. The monoisotopic (exact) mass is 404 g/mol. The molecular formula is C17H16N4O4S2. The highest BCUT2D eigenvalue weighted by molar-refractivity contribution is 7.99. The van der Waals surface area contributed by atoms with Crippen LogP contribution in [0, 0.1) is 0 Å². The maximum absolute atomic E-state index is 12.4. The van der Waals surface area contributed by atoms with Crippen molar-refractivity contribution in [2.75, 3.05) is 31.9 Å². The Labute approximate surface area is 163 Å². The number of piperazine rings is 1. The summed E-state index contributed by atoms with van der Waals surface area (Å²) in [5.74, 6) is 1.00. The van der Waals surface area contributed by atoms with Crippen molar-refractivity contribution in [3.05, 3.63) is 40.8 Å². The first kappa shape index (κ1) is 17.8. The predicted molar refractivity (Wildman–Crippen MR) is 99.5 cm³/mol. The average molecular weight is 404 g/mol. The Kier molecular flexibility index (Phi) is 5.26. The van der Waals surface area contributed by atoms with Crippen molar-refractivity contribution in [1.82, 2.24) is 20.0 Å². The summed E-state index contributed by atoms with van der Waals surface area (Å²) in [6.45, 7) is 2.13.